The smallest absolute Gasteiger partial charge is 0.191 e. The highest BCUT2D eigenvalue weighted by atomic mass is 127. The maximum Gasteiger partial charge on any atom is 0.191 e. The van der Waals surface area contributed by atoms with Crippen LogP contribution in [0.1, 0.15) is 49.3 Å². The number of halogens is 1. The number of ether oxygens (including phenoxy) is 1. The van der Waals surface area contributed by atoms with Gasteiger partial charge in [0.2, 0.25) is 0 Å². The summed E-state index contributed by atoms with van der Waals surface area (Å²) in [5, 5.41) is 6.96. The average molecular weight is 479 g/mol. The minimum Gasteiger partial charge on any atom is -0.385 e. The molecule has 0 aliphatic heterocycles. The maximum absolute atomic E-state index is 5.28. The third-order valence-corrected chi connectivity index (χ3v) is 5.88. The number of aliphatic imine (C=N–C) groups is 1. The van der Waals surface area contributed by atoms with E-state index < -0.39 is 0 Å². The van der Waals surface area contributed by atoms with Crippen LogP contribution < -0.4 is 10.6 Å². The molecule has 0 aromatic carbocycles. The lowest BCUT2D eigenvalue weighted by Crippen LogP contribution is -2.44. The van der Waals surface area contributed by atoms with E-state index in [1.54, 1.807) is 7.11 Å². The van der Waals surface area contributed by atoms with Crippen LogP contribution in [0.2, 0.25) is 0 Å². The number of rotatable bonds is 9. The Kier molecular flexibility index (Phi) is 10.3. The fraction of sp³-hybridized carbons (Fsp3) is 0.737. The molecule has 1 saturated carbocycles. The molecule has 4 nitrogen and oxygen atoms in total. The number of hydrogen-bond donors (Lipinski definition) is 2. The first kappa shape index (κ1) is 22.7. The maximum atomic E-state index is 5.28. The first-order chi connectivity index (χ1) is 11.6. The van der Waals surface area contributed by atoms with E-state index in [1.165, 1.54) is 29.0 Å². The molecule has 2 rings (SSSR count). The molecular formula is C19H34IN3OS. The molecule has 1 aliphatic carbocycles. The summed E-state index contributed by atoms with van der Waals surface area (Å²) >= 11 is 1.88. The topological polar surface area (TPSA) is 45.7 Å². The van der Waals surface area contributed by atoms with Crippen molar-refractivity contribution >= 4 is 41.3 Å². The Morgan fingerprint density at radius 2 is 2.16 bits per heavy atom. The summed E-state index contributed by atoms with van der Waals surface area (Å²) in [4.78, 5) is 7.70. The molecule has 0 bridgehead atoms. The van der Waals surface area contributed by atoms with Gasteiger partial charge in [-0.2, -0.15) is 0 Å². The normalized spacial score (nSPS) is 17.4. The van der Waals surface area contributed by atoms with Crippen molar-refractivity contribution in [2.45, 2.75) is 58.9 Å². The second-order valence-electron chi connectivity index (χ2n) is 7.05. The molecule has 1 atom stereocenters. The average Bonchev–Trinajstić information content (AvgIpc) is 2.91. The van der Waals surface area contributed by atoms with E-state index in [0.29, 0.717) is 11.5 Å². The monoisotopic (exact) mass is 479 g/mol. The van der Waals surface area contributed by atoms with Crippen LogP contribution in [0, 0.1) is 12.3 Å². The van der Waals surface area contributed by atoms with Crippen LogP contribution in [0.3, 0.4) is 0 Å². The van der Waals surface area contributed by atoms with E-state index in [0.717, 1.165) is 38.5 Å². The van der Waals surface area contributed by atoms with Crippen LogP contribution in [-0.4, -0.2) is 38.8 Å². The third-order valence-electron chi connectivity index (χ3n) is 4.85. The van der Waals surface area contributed by atoms with E-state index in [2.05, 4.69) is 43.5 Å². The van der Waals surface area contributed by atoms with Gasteiger partial charge in [-0.1, -0.05) is 6.42 Å². The minimum atomic E-state index is 0. The van der Waals surface area contributed by atoms with Crippen LogP contribution in [0.4, 0.5) is 0 Å². The Morgan fingerprint density at radius 3 is 2.68 bits per heavy atom. The lowest BCUT2D eigenvalue weighted by molar-refractivity contribution is 0.0778. The van der Waals surface area contributed by atoms with E-state index >= 15 is 0 Å². The molecule has 6 heteroatoms. The van der Waals surface area contributed by atoms with Gasteiger partial charge in [-0.3, -0.25) is 4.99 Å². The predicted molar refractivity (Wildman–Crippen MR) is 120 cm³/mol. The second kappa shape index (κ2) is 11.4. The van der Waals surface area contributed by atoms with Gasteiger partial charge in [-0.05, 0) is 57.6 Å². The number of hydrogen-bond acceptors (Lipinski definition) is 3. The van der Waals surface area contributed by atoms with E-state index in [1.807, 2.05) is 11.3 Å². The molecule has 0 amide bonds. The highest BCUT2D eigenvalue weighted by Crippen LogP contribution is 2.44. The number of thiophene rings is 1. The summed E-state index contributed by atoms with van der Waals surface area (Å²) in [5.41, 5.74) is 0.368. The molecule has 2 N–H and O–H groups in total. The second-order valence-corrected chi connectivity index (χ2v) is 8.43. The molecule has 0 spiro atoms. The van der Waals surface area contributed by atoms with Crippen LogP contribution >= 0.6 is 35.3 Å². The SMILES string of the molecule is CCNC(=NCC1(CCOC)CCC1)NC(C)Cc1ccc(C)s1.I. The van der Waals surface area contributed by atoms with Crippen molar-refractivity contribution < 1.29 is 4.74 Å². The third kappa shape index (κ3) is 7.43. The van der Waals surface area contributed by atoms with Crippen molar-refractivity contribution in [2.75, 3.05) is 26.8 Å². The molecule has 25 heavy (non-hydrogen) atoms. The van der Waals surface area contributed by atoms with Crippen LogP contribution in [-0.2, 0) is 11.2 Å². The standard InChI is InChI=1S/C19H33N3OS.HI/c1-5-20-18(21-14-19(9-6-10-19)11-12-23-4)22-15(2)13-17-8-7-16(3)24-17;/h7-8,15H,5-6,9-14H2,1-4H3,(H2,20,21,22);1H. The first-order valence-corrected chi connectivity index (χ1v) is 9.97. The lowest BCUT2D eigenvalue weighted by Gasteiger charge is -2.41. The summed E-state index contributed by atoms with van der Waals surface area (Å²) < 4.78 is 5.28. The zero-order valence-electron chi connectivity index (χ0n) is 16.1. The number of methoxy groups -OCH3 is 1. The van der Waals surface area contributed by atoms with Crippen molar-refractivity contribution in [1.29, 1.82) is 0 Å². The number of nitrogens with zero attached hydrogens (tertiary/aromatic N) is 1. The molecule has 1 aromatic rings. The van der Waals surface area contributed by atoms with E-state index in [4.69, 9.17) is 9.73 Å². The Morgan fingerprint density at radius 1 is 1.40 bits per heavy atom. The van der Waals surface area contributed by atoms with Crippen molar-refractivity contribution in [1.82, 2.24) is 10.6 Å². The largest absolute Gasteiger partial charge is 0.385 e. The molecule has 1 aliphatic rings. The molecule has 144 valence electrons. The lowest BCUT2D eigenvalue weighted by atomic mass is 9.67. The minimum absolute atomic E-state index is 0. The molecule has 1 heterocycles. The van der Waals surface area contributed by atoms with Gasteiger partial charge in [0.1, 0.15) is 0 Å². The van der Waals surface area contributed by atoms with Gasteiger partial charge in [0.05, 0.1) is 0 Å². The molecule has 0 saturated heterocycles. The van der Waals surface area contributed by atoms with Gasteiger partial charge in [0, 0.05) is 49.0 Å². The zero-order chi connectivity index (χ0) is 17.4. The van der Waals surface area contributed by atoms with Gasteiger partial charge in [0.25, 0.3) is 0 Å². The molecule has 1 fully saturated rings. The van der Waals surface area contributed by atoms with Crippen LogP contribution in [0.5, 0.6) is 0 Å². The van der Waals surface area contributed by atoms with Crippen LogP contribution in [0.15, 0.2) is 17.1 Å². The van der Waals surface area contributed by atoms with Crippen molar-refractivity contribution in [3.8, 4) is 0 Å². The molecule has 0 radical (unpaired) electrons. The van der Waals surface area contributed by atoms with Crippen molar-refractivity contribution in [3.05, 3.63) is 21.9 Å². The zero-order valence-corrected chi connectivity index (χ0v) is 19.2. The summed E-state index contributed by atoms with van der Waals surface area (Å²) in [6.07, 6.45) is 6.05. The van der Waals surface area contributed by atoms with Gasteiger partial charge in [-0.25, -0.2) is 0 Å². The van der Waals surface area contributed by atoms with Crippen molar-refractivity contribution in [2.24, 2.45) is 10.4 Å². The Bertz CT molecular complexity index is 528. The number of guanidine groups is 1. The van der Waals surface area contributed by atoms with E-state index in [9.17, 15) is 0 Å². The summed E-state index contributed by atoms with van der Waals surface area (Å²) in [7, 11) is 1.79. The van der Waals surface area contributed by atoms with Crippen molar-refractivity contribution in [3.63, 3.8) is 0 Å². The van der Waals surface area contributed by atoms with Gasteiger partial charge < -0.3 is 15.4 Å². The van der Waals surface area contributed by atoms with Gasteiger partial charge in [0.15, 0.2) is 5.96 Å². The Labute approximate surface area is 174 Å². The Balaban J connectivity index is 0.00000312. The van der Waals surface area contributed by atoms with Crippen LogP contribution in [0.25, 0.3) is 0 Å². The Hall–Kier alpha value is -0.340. The highest BCUT2D eigenvalue weighted by molar-refractivity contribution is 14.0. The van der Waals surface area contributed by atoms with Gasteiger partial charge >= 0.3 is 0 Å². The highest BCUT2D eigenvalue weighted by Gasteiger charge is 2.36. The quantitative estimate of drug-likeness (QED) is 0.314. The number of nitrogens with one attached hydrogen (secondary N) is 2. The van der Waals surface area contributed by atoms with E-state index in [-0.39, 0.29) is 24.0 Å². The molecule has 1 unspecified atom stereocenters. The summed E-state index contributed by atoms with van der Waals surface area (Å²) in [6, 6.07) is 4.80. The first-order valence-electron chi connectivity index (χ1n) is 9.16. The fourth-order valence-corrected chi connectivity index (χ4v) is 4.25. The molecular weight excluding hydrogens is 445 g/mol. The fourth-order valence-electron chi connectivity index (χ4n) is 3.23. The summed E-state index contributed by atoms with van der Waals surface area (Å²) in [5.74, 6) is 0.946. The molecule has 1 aromatic heterocycles. The predicted octanol–water partition coefficient (Wildman–Crippen LogP) is 4.37. The number of aryl methyl sites for hydroxylation is 1. The van der Waals surface area contributed by atoms with Gasteiger partial charge in [-0.15, -0.1) is 35.3 Å². The summed E-state index contributed by atoms with van der Waals surface area (Å²) in [6.45, 7) is 9.14.